The van der Waals surface area contributed by atoms with Crippen LogP contribution in [0.1, 0.15) is 31.4 Å². The Hall–Kier alpha value is -2.89. The first-order chi connectivity index (χ1) is 13.3. The summed E-state index contributed by atoms with van der Waals surface area (Å²) < 4.78 is 46.8. The second-order valence-corrected chi connectivity index (χ2v) is 7.65. The molecule has 0 fully saturated rings. The molecule has 0 aliphatic carbocycles. The molecule has 0 N–H and O–H groups in total. The fraction of sp³-hybridized carbons (Fsp3) is 0.273. The van der Waals surface area contributed by atoms with Gasteiger partial charge in [0.2, 0.25) is 5.90 Å². The lowest BCUT2D eigenvalue weighted by atomic mass is 9.92. The third kappa shape index (κ3) is 3.72. The predicted molar refractivity (Wildman–Crippen MR) is 102 cm³/mol. The van der Waals surface area contributed by atoms with Crippen molar-refractivity contribution in [3.05, 3.63) is 77.2 Å². The lowest BCUT2D eigenvalue weighted by Crippen LogP contribution is -2.38. The van der Waals surface area contributed by atoms with E-state index in [-0.39, 0.29) is 17.4 Å². The quantitative estimate of drug-likeness (QED) is 0.621. The van der Waals surface area contributed by atoms with Gasteiger partial charge in [0.1, 0.15) is 16.9 Å². The van der Waals surface area contributed by atoms with E-state index < -0.39 is 17.2 Å². The van der Waals surface area contributed by atoms with Gasteiger partial charge in [-0.05, 0) is 56.2 Å². The van der Waals surface area contributed by atoms with Crippen LogP contribution < -0.4 is 0 Å². The minimum absolute atomic E-state index is 0.0317. The number of aliphatic imine (C=N–C) groups is 1. The van der Waals surface area contributed by atoms with Gasteiger partial charge in [-0.25, -0.2) is 18.2 Å². The van der Waals surface area contributed by atoms with Gasteiger partial charge < -0.3 is 4.74 Å². The van der Waals surface area contributed by atoms with Crippen LogP contribution in [0.5, 0.6) is 0 Å². The van der Waals surface area contributed by atoms with Crippen LogP contribution in [0.25, 0.3) is 10.9 Å². The molecule has 2 aromatic carbocycles. The van der Waals surface area contributed by atoms with Gasteiger partial charge in [0.25, 0.3) is 0 Å². The smallest absolute Gasteiger partial charge is 0.218 e. The van der Waals surface area contributed by atoms with E-state index in [1.54, 1.807) is 12.1 Å². The first kappa shape index (κ1) is 18.5. The maximum atomic E-state index is 13.9. The van der Waals surface area contributed by atoms with Crippen LogP contribution in [0, 0.1) is 17.5 Å². The summed E-state index contributed by atoms with van der Waals surface area (Å²) >= 11 is 0. The number of fused-ring (bicyclic) bond motifs is 1. The Morgan fingerprint density at radius 3 is 2.71 bits per heavy atom. The first-order valence-electron chi connectivity index (χ1n) is 9.06. The second-order valence-electron chi connectivity index (χ2n) is 7.65. The Labute approximate surface area is 160 Å². The zero-order valence-electron chi connectivity index (χ0n) is 15.5. The zero-order valence-corrected chi connectivity index (χ0v) is 15.5. The van der Waals surface area contributed by atoms with Crippen LogP contribution in [-0.2, 0) is 11.2 Å². The lowest BCUT2D eigenvalue weighted by Gasteiger charge is -2.34. The number of hydrogen-bond acceptors (Lipinski definition) is 3. The molecule has 0 saturated heterocycles. The van der Waals surface area contributed by atoms with Crippen molar-refractivity contribution in [1.29, 1.82) is 0 Å². The number of hydrogen-bond donors (Lipinski definition) is 0. The Bertz CT molecular complexity index is 1080. The number of nitrogens with zero attached hydrogens (tertiary/aromatic N) is 2. The SMILES string of the molecule is CC1(C)CC(Cc2cccc(F)c2)N=C(c2cnc3c(F)c(F)ccc3c2)O1. The van der Waals surface area contributed by atoms with Gasteiger partial charge in [-0.1, -0.05) is 12.1 Å². The van der Waals surface area contributed by atoms with Crippen molar-refractivity contribution in [2.45, 2.75) is 38.3 Å². The lowest BCUT2D eigenvalue weighted by molar-refractivity contribution is 0.0634. The molecule has 0 radical (unpaired) electrons. The fourth-order valence-corrected chi connectivity index (χ4v) is 3.55. The highest BCUT2D eigenvalue weighted by Gasteiger charge is 2.32. The number of halogens is 3. The van der Waals surface area contributed by atoms with Crippen LogP contribution in [-0.4, -0.2) is 22.5 Å². The normalized spacial score (nSPS) is 18.6. The van der Waals surface area contributed by atoms with E-state index in [0.29, 0.717) is 29.7 Å². The molecule has 1 unspecified atom stereocenters. The topological polar surface area (TPSA) is 34.5 Å². The van der Waals surface area contributed by atoms with Crippen molar-refractivity contribution in [3.63, 3.8) is 0 Å². The number of pyridine rings is 1. The minimum atomic E-state index is -0.972. The van der Waals surface area contributed by atoms with E-state index in [0.717, 1.165) is 11.6 Å². The number of aromatic nitrogens is 1. The fourth-order valence-electron chi connectivity index (χ4n) is 3.55. The van der Waals surface area contributed by atoms with E-state index in [1.165, 1.54) is 24.4 Å². The summed E-state index contributed by atoms with van der Waals surface area (Å²) in [4.78, 5) is 8.74. The van der Waals surface area contributed by atoms with Crippen molar-refractivity contribution in [3.8, 4) is 0 Å². The molecule has 1 atom stereocenters. The summed E-state index contributed by atoms with van der Waals surface area (Å²) in [5.41, 5.74) is 0.948. The van der Waals surface area contributed by atoms with Gasteiger partial charge in [-0.3, -0.25) is 4.98 Å². The molecule has 1 aliphatic rings. The Morgan fingerprint density at radius 2 is 1.93 bits per heavy atom. The molecular formula is C22H19F3N2O. The average molecular weight is 384 g/mol. The predicted octanol–water partition coefficient (Wildman–Crippen LogP) is 5.21. The maximum Gasteiger partial charge on any atom is 0.218 e. The minimum Gasteiger partial charge on any atom is -0.471 e. The van der Waals surface area contributed by atoms with E-state index >= 15 is 0 Å². The average Bonchev–Trinajstić information content (AvgIpc) is 2.63. The number of rotatable bonds is 3. The van der Waals surface area contributed by atoms with E-state index in [9.17, 15) is 13.2 Å². The van der Waals surface area contributed by atoms with Crippen LogP contribution in [0.3, 0.4) is 0 Å². The third-order valence-corrected chi connectivity index (χ3v) is 4.75. The summed E-state index contributed by atoms with van der Waals surface area (Å²) in [6, 6.07) is 10.6. The van der Waals surface area contributed by atoms with Crippen LogP contribution in [0.4, 0.5) is 13.2 Å². The van der Waals surface area contributed by atoms with Crippen molar-refractivity contribution in [2.24, 2.45) is 4.99 Å². The molecule has 6 heteroatoms. The van der Waals surface area contributed by atoms with Gasteiger partial charge >= 0.3 is 0 Å². The second kappa shape index (κ2) is 6.93. The van der Waals surface area contributed by atoms with Gasteiger partial charge in [0, 0.05) is 18.0 Å². The van der Waals surface area contributed by atoms with Crippen molar-refractivity contribution in [2.75, 3.05) is 0 Å². The molecule has 0 spiro atoms. The highest BCUT2D eigenvalue weighted by atomic mass is 19.2. The Morgan fingerprint density at radius 1 is 1.11 bits per heavy atom. The number of ether oxygens (including phenoxy) is 1. The summed E-state index contributed by atoms with van der Waals surface area (Å²) in [5, 5.41) is 0.466. The van der Waals surface area contributed by atoms with Crippen molar-refractivity contribution < 1.29 is 17.9 Å². The largest absolute Gasteiger partial charge is 0.471 e. The Balaban J connectivity index is 1.69. The van der Waals surface area contributed by atoms with Gasteiger partial charge in [0.15, 0.2) is 11.6 Å². The van der Waals surface area contributed by atoms with Gasteiger partial charge in [-0.15, -0.1) is 0 Å². The van der Waals surface area contributed by atoms with Gasteiger partial charge in [0.05, 0.1) is 11.6 Å². The van der Waals surface area contributed by atoms with E-state index in [4.69, 9.17) is 4.74 Å². The maximum absolute atomic E-state index is 13.9. The Kier molecular flexibility index (Phi) is 4.57. The first-order valence-corrected chi connectivity index (χ1v) is 9.06. The summed E-state index contributed by atoms with van der Waals surface area (Å²) in [6.45, 7) is 3.92. The monoisotopic (exact) mass is 384 g/mol. The molecule has 4 rings (SSSR count). The summed E-state index contributed by atoms with van der Waals surface area (Å²) in [7, 11) is 0. The third-order valence-electron chi connectivity index (χ3n) is 4.75. The highest BCUT2D eigenvalue weighted by molar-refractivity contribution is 5.98. The van der Waals surface area contributed by atoms with Crippen LogP contribution in [0.15, 0.2) is 53.7 Å². The molecule has 1 aromatic heterocycles. The molecule has 28 heavy (non-hydrogen) atoms. The molecule has 2 heterocycles. The molecule has 3 aromatic rings. The van der Waals surface area contributed by atoms with Crippen molar-refractivity contribution >= 4 is 16.8 Å². The molecule has 144 valence electrons. The molecule has 0 saturated carbocycles. The van der Waals surface area contributed by atoms with Crippen LogP contribution in [0.2, 0.25) is 0 Å². The molecule has 3 nitrogen and oxygen atoms in total. The van der Waals surface area contributed by atoms with Gasteiger partial charge in [-0.2, -0.15) is 0 Å². The van der Waals surface area contributed by atoms with Crippen molar-refractivity contribution in [1.82, 2.24) is 4.98 Å². The molecule has 0 bridgehead atoms. The van der Waals surface area contributed by atoms with E-state index in [1.807, 2.05) is 19.9 Å². The molecule has 0 amide bonds. The zero-order chi connectivity index (χ0) is 19.9. The highest BCUT2D eigenvalue weighted by Crippen LogP contribution is 2.29. The number of benzene rings is 2. The molecule has 1 aliphatic heterocycles. The summed E-state index contributed by atoms with van der Waals surface area (Å²) in [6.07, 6.45) is 2.69. The standard InChI is InChI=1S/C22H19F3N2O/c1-22(2)11-17(9-13-4-3-5-16(23)8-13)27-21(28-22)15-10-14-6-7-18(24)19(25)20(14)26-12-15/h3-8,10,12,17H,9,11H2,1-2H3. The van der Waals surface area contributed by atoms with E-state index in [2.05, 4.69) is 9.98 Å². The summed E-state index contributed by atoms with van der Waals surface area (Å²) in [5.74, 6) is -1.78. The van der Waals surface area contributed by atoms with Crippen LogP contribution >= 0.6 is 0 Å². The molecular weight excluding hydrogens is 365 g/mol.